The van der Waals surface area contributed by atoms with E-state index in [-0.39, 0.29) is 23.2 Å². The predicted molar refractivity (Wildman–Crippen MR) is 103 cm³/mol. The summed E-state index contributed by atoms with van der Waals surface area (Å²) < 4.78 is 36.4. The lowest BCUT2D eigenvalue weighted by atomic mass is 10.0. The Morgan fingerprint density at radius 2 is 1.56 bits per heavy atom. The second-order valence-electron chi connectivity index (χ2n) is 6.19. The Morgan fingerprint density at radius 3 is 2.22 bits per heavy atom. The van der Waals surface area contributed by atoms with Gasteiger partial charge in [0.2, 0.25) is 0 Å². The summed E-state index contributed by atoms with van der Waals surface area (Å²) in [7, 11) is -3.31. The number of carbonyl (C=O) groups is 1. The molecule has 0 spiro atoms. The summed E-state index contributed by atoms with van der Waals surface area (Å²) in [6.45, 7) is 0.285. The van der Waals surface area contributed by atoms with Crippen LogP contribution in [0, 0.1) is 5.82 Å². The summed E-state index contributed by atoms with van der Waals surface area (Å²) in [5, 5.41) is 2.79. The third-order valence-electron chi connectivity index (χ3n) is 4.09. The van der Waals surface area contributed by atoms with Gasteiger partial charge in [0.1, 0.15) is 5.82 Å². The Balaban J connectivity index is 1.79. The molecule has 0 aliphatic carbocycles. The van der Waals surface area contributed by atoms with Crippen LogP contribution in [0.3, 0.4) is 0 Å². The van der Waals surface area contributed by atoms with Crippen molar-refractivity contribution < 1.29 is 17.6 Å². The zero-order valence-corrected chi connectivity index (χ0v) is 15.5. The molecule has 0 aliphatic heterocycles. The third-order valence-corrected chi connectivity index (χ3v) is 5.20. The van der Waals surface area contributed by atoms with Gasteiger partial charge in [0.15, 0.2) is 9.84 Å². The van der Waals surface area contributed by atoms with E-state index in [1.165, 1.54) is 18.2 Å². The van der Waals surface area contributed by atoms with Crippen molar-refractivity contribution in [1.82, 2.24) is 5.32 Å². The van der Waals surface area contributed by atoms with Gasteiger partial charge in [-0.3, -0.25) is 4.79 Å². The highest BCUT2D eigenvalue weighted by Gasteiger charge is 2.10. The second kappa shape index (κ2) is 7.72. The van der Waals surface area contributed by atoms with Crippen molar-refractivity contribution in [2.45, 2.75) is 11.4 Å². The number of rotatable bonds is 5. The largest absolute Gasteiger partial charge is 0.348 e. The van der Waals surface area contributed by atoms with Crippen LogP contribution in [0.1, 0.15) is 15.9 Å². The Hall–Kier alpha value is -2.99. The SMILES string of the molecule is CS(=O)(=O)c1cccc(-c2cccc(C(=O)NCc3ccc(F)cc3)c2)c1. The van der Waals surface area contributed by atoms with Crippen molar-refractivity contribution in [2.24, 2.45) is 0 Å². The average molecular weight is 383 g/mol. The minimum absolute atomic E-state index is 0.228. The van der Waals surface area contributed by atoms with Gasteiger partial charge >= 0.3 is 0 Å². The predicted octanol–water partition coefficient (Wildman–Crippen LogP) is 3.83. The second-order valence-corrected chi connectivity index (χ2v) is 8.21. The number of sulfone groups is 1. The smallest absolute Gasteiger partial charge is 0.251 e. The van der Waals surface area contributed by atoms with E-state index in [9.17, 15) is 17.6 Å². The van der Waals surface area contributed by atoms with Crippen molar-refractivity contribution in [3.05, 3.63) is 89.7 Å². The van der Waals surface area contributed by atoms with Crippen molar-refractivity contribution in [3.8, 4) is 11.1 Å². The zero-order chi connectivity index (χ0) is 19.4. The van der Waals surface area contributed by atoms with Crippen LogP contribution >= 0.6 is 0 Å². The normalized spacial score (nSPS) is 11.2. The molecular weight excluding hydrogens is 365 g/mol. The first kappa shape index (κ1) is 18.8. The molecule has 3 rings (SSSR count). The van der Waals surface area contributed by atoms with Crippen LogP contribution in [-0.2, 0) is 16.4 Å². The van der Waals surface area contributed by atoms with Gasteiger partial charge in [0.05, 0.1) is 4.90 Å². The molecule has 1 N–H and O–H groups in total. The van der Waals surface area contributed by atoms with Crippen LogP contribution in [0.15, 0.2) is 77.7 Å². The van der Waals surface area contributed by atoms with Gasteiger partial charge in [0.25, 0.3) is 5.91 Å². The van der Waals surface area contributed by atoms with Gasteiger partial charge in [-0.15, -0.1) is 0 Å². The summed E-state index contributed by atoms with van der Waals surface area (Å²) in [4.78, 5) is 12.6. The van der Waals surface area contributed by atoms with E-state index >= 15 is 0 Å². The molecule has 0 bridgehead atoms. The van der Waals surface area contributed by atoms with Crippen LogP contribution < -0.4 is 5.32 Å². The number of benzene rings is 3. The van der Waals surface area contributed by atoms with Gasteiger partial charge in [0, 0.05) is 18.4 Å². The van der Waals surface area contributed by atoms with E-state index in [0.29, 0.717) is 11.1 Å². The molecule has 0 unspecified atom stereocenters. The van der Waals surface area contributed by atoms with Crippen LogP contribution in [0.25, 0.3) is 11.1 Å². The fourth-order valence-corrected chi connectivity index (χ4v) is 3.30. The van der Waals surface area contributed by atoms with Gasteiger partial charge in [-0.2, -0.15) is 0 Å². The molecular formula is C21H18FNO3S. The molecule has 6 heteroatoms. The first-order chi connectivity index (χ1) is 12.8. The number of carbonyl (C=O) groups excluding carboxylic acids is 1. The maximum Gasteiger partial charge on any atom is 0.251 e. The van der Waals surface area contributed by atoms with Crippen LogP contribution in [0.5, 0.6) is 0 Å². The van der Waals surface area contributed by atoms with E-state index in [1.54, 1.807) is 48.5 Å². The van der Waals surface area contributed by atoms with E-state index in [2.05, 4.69) is 5.32 Å². The molecule has 0 saturated heterocycles. The molecule has 0 atom stereocenters. The van der Waals surface area contributed by atoms with E-state index < -0.39 is 9.84 Å². The zero-order valence-electron chi connectivity index (χ0n) is 14.6. The highest BCUT2D eigenvalue weighted by molar-refractivity contribution is 7.90. The molecule has 4 nitrogen and oxygen atoms in total. The van der Waals surface area contributed by atoms with E-state index in [4.69, 9.17) is 0 Å². The Kier molecular flexibility index (Phi) is 5.37. The van der Waals surface area contributed by atoms with Crippen molar-refractivity contribution in [3.63, 3.8) is 0 Å². The number of hydrogen-bond acceptors (Lipinski definition) is 3. The Labute approximate surface area is 157 Å². The molecule has 0 fully saturated rings. The van der Waals surface area contributed by atoms with E-state index in [1.807, 2.05) is 6.07 Å². The minimum Gasteiger partial charge on any atom is -0.348 e. The van der Waals surface area contributed by atoms with Crippen LogP contribution in [0.2, 0.25) is 0 Å². The van der Waals surface area contributed by atoms with Gasteiger partial charge < -0.3 is 5.32 Å². The molecule has 3 aromatic carbocycles. The molecule has 3 aromatic rings. The molecule has 1 amide bonds. The highest BCUT2D eigenvalue weighted by Crippen LogP contribution is 2.23. The summed E-state index contributed by atoms with van der Waals surface area (Å²) in [6.07, 6.45) is 1.16. The summed E-state index contributed by atoms with van der Waals surface area (Å²) >= 11 is 0. The number of nitrogens with one attached hydrogen (secondary N) is 1. The van der Waals surface area contributed by atoms with Crippen LogP contribution in [-0.4, -0.2) is 20.6 Å². The monoisotopic (exact) mass is 383 g/mol. The fraction of sp³-hybridized carbons (Fsp3) is 0.0952. The minimum atomic E-state index is -3.31. The first-order valence-electron chi connectivity index (χ1n) is 8.26. The lowest BCUT2D eigenvalue weighted by molar-refractivity contribution is 0.0951. The summed E-state index contributed by atoms with van der Waals surface area (Å²) in [5.74, 6) is -0.588. The molecule has 0 aliphatic rings. The Morgan fingerprint density at radius 1 is 0.926 bits per heavy atom. The van der Waals surface area contributed by atoms with Crippen LogP contribution in [0.4, 0.5) is 4.39 Å². The fourth-order valence-electron chi connectivity index (χ4n) is 2.63. The third kappa shape index (κ3) is 4.80. The summed E-state index contributed by atoms with van der Waals surface area (Å²) in [6, 6.07) is 19.5. The lowest BCUT2D eigenvalue weighted by Gasteiger charge is -2.08. The topological polar surface area (TPSA) is 63.2 Å². The van der Waals surface area contributed by atoms with E-state index in [0.717, 1.165) is 17.4 Å². The molecule has 138 valence electrons. The number of amides is 1. The number of hydrogen-bond donors (Lipinski definition) is 1. The quantitative estimate of drug-likeness (QED) is 0.728. The van der Waals surface area contributed by atoms with Crippen molar-refractivity contribution in [1.29, 1.82) is 0 Å². The summed E-state index contributed by atoms with van der Waals surface area (Å²) in [5.41, 5.74) is 2.71. The Bertz CT molecular complexity index is 1080. The number of halogens is 1. The molecule has 0 saturated carbocycles. The van der Waals surface area contributed by atoms with Gasteiger partial charge in [-0.1, -0.05) is 36.4 Å². The standard InChI is InChI=1S/C21H18FNO3S/c1-27(25,26)20-7-3-5-17(13-20)16-4-2-6-18(12-16)21(24)23-14-15-8-10-19(22)11-9-15/h2-13H,14H2,1H3,(H,23,24). The lowest BCUT2D eigenvalue weighted by Crippen LogP contribution is -2.22. The highest BCUT2D eigenvalue weighted by atomic mass is 32.2. The van der Waals surface area contributed by atoms with Crippen molar-refractivity contribution in [2.75, 3.05) is 6.26 Å². The van der Waals surface area contributed by atoms with Gasteiger partial charge in [-0.05, 0) is 53.1 Å². The maximum absolute atomic E-state index is 12.9. The molecule has 27 heavy (non-hydrogen) atoms. The average Bonchev–Trinajstić information content (AvgIpc) is 2.67. The van der Waals surface area contributed by atoms with Crippen molar-refractivity contribution >= 4 is 15.7 Å². The maximum atomic E-state index is 12.9. The molecule has 0 heterocycles. The molecule has 0 radical (unpaired) electrons. The van der Waals surface area contributed by atoms with Gasteiger partial charge in [-0.25, -0.2) is 12.8 Å². The first-order valence-corrected chi connectivity index (χ1v) is 10.2. The molecule has 0 aromatic heterocycles.